The van der Waals surface area contributed by atoms with Gasteiger partial charge in [-0.05, 0) is 6.07 Å². The van der Waals surface area contributed by atoms with Crippen LogP contribution < -0.4 is 19.9 Å². The summed E-state index contributed by atoms with van der Waals surface area (Å²) >= 11 is 0. The molecule has 0 spiro atoms. The predicted octanol–water partition coefficient (Wildman–Crippen LogP) is 3.33. The van der Waals surface area contributed by atoms with Crippen molar-refractivity contribution in [3.63, 3.8) is 0 Å². The highest BCUT2D eigenvalue weighted by atomic mass is 35.5. The Hall–Kier alpha value is -1.48. The molecule has 1 aromatic rings. The molecule has 0 saturated heterocycles. The molecule has 0 fully saturated rings. The van der Waals surface area contributed by atoms with E-state index in [-0.39, 0.29) is 29.7 Å². The third-order valence-electron chi connectivity index (χ3n) is 2.84. The third-order valence-corrected chi connectivity index (χ3v) is 2.84. The van der Waals surface area contributed by atoms with Gasteiger partial charge in [-0.2, -0.15) is 22.0 Å². The SMILES string of the molecule is COc1cc(OC)c([C@H](N)C(F)(F)C(F)(F)F)cc1OC.Cl. The second kappa shape index (κ2) is 7.19. The Morgan fingerprint density at radius 3 is 1.64 bits per heavy atom. The first-order chi connectivity index (χ1) is 9.60. The molecule has 128 valence electrons. The van der Waals surface area contributed by atoms with Crippen LogP contribution >= 0.6 is 12.4 Å². The highest BCUT2D eigenvalue weighted by Gasteiger charge is 2.62. The van der Waals surface area contributed by atoms with Crippen molar-refractivity contribution in [2.75, 3.05) is 21.3 Å². The van der Waals surface area contributed by atoms with Crippen LogP contribution in [0.4, 0.5) is 22.0 Å². The first-order valence-corrected chi connectivity index (χ1v) is 5.60. The summed E-state index contributed by atoms with van der Waals surface area (Å²) in [5, 5.41) is 0. The molecular formula is C12H15ClF5NO3. The molecule has 0 aliphatic carbocycles. The number of rotatable bonds is 5. The molecule has 0 heterocycles. The summed E-state index contributed by atoms with van der Waals surface area (Å²) in [6, 6.07) is -0.588. The van der Waals surface area contributed by atoms with Crippen molar-refractivity contribution in [1.82, 2.24) is 0 Å². The number of nitrogens with two attached hydrogens (primary N) is 1. The summed E-state index contributed by atoms with van der Waals surface area (Å²) < 4.78 is 78.5. The van der Waals surface area contributed by atoms with E-state index in [0.29, 0.717) is 0 Å². The van der Waals surface area contributed by atoms with Gasteiger partial charge in [-0.3, -0.25) is 0 Å². The zero-order valence-electron chi connectivity index (χ0n) is 11.8. The lowest BCUT2D eigenvalue weighted by atomic mass is 9.99. The maximum Gasteiger partial charge on any atom is 0.455 e. The topological polar surface area (TPSA) is 53.7 Å². The molecule has 0 aliphatic rings. The van der Waals surface area contributed by atoms with E-state index >= 15 is 0 Å². The molecule has 0 unspecified atom stereocenters. The number of halogens is 6. The van der Waals surface area contributed by atoms with E-state index in [9.17, 15) is 22.0 Å². The zero-order chi connectivity index (χ0) is 16.4. The first-order valence-electron chi connectivity index (χ1n) is 5.60. The molecule has 10 heteroatoms. The van der Waals surface area contributed by atoms with Crippen molar-refractivity contribution in [2.24, 2.45) is 5.73 Å². The average molecular weight is 352 g/mol. The van der Waals surface area contributed by atoms with Gasteiger partial charge in [0.05, 0.1) is 21.3 Å². The Morgan fingerprint density at radius 1 is 0.864 bits per heavy atom. The lowest BCUT2D eigenvalue weighted by Crippen LogP contribution is -2.46. The van der Waals surface area contributed by atoms with Crippen molar-refractivity contribution in [2.45, 2.75) is 18.1 Å². The summed E-state index contributed by atoms with van der Waals surface area (Å²) in [4.78, 5) is 0. The van der Waals surface area contributed by atoms with Gasteiger partial charge in [0.15, 0.2) is 11.5 Å². The summed E-state index contributed by atoms with van der Waals surface area (Å²) in [5.41, 5.74) is 4.56. The van der Waals surface area contributed by atoms with Gasteiger partial charge in [0, 0.05) is 11.6 Å². The molecule has 22 heavy (non-hydrogen) atoms. The van der Waals surface area contributed by atoms with Crippen LogP contribution in [-0.2, 0) is 0 Å². The van der Waals surface area contributed by atoms with E-state index in [0.717, 1.165) is 19.2 Å². The zero-order valence-corrected chi connectivity index (χ0v) is 12.6. The normalized spacial score (nSPS) is 13.1. The van der Waals surface area contributed by atoms with Gasteiger partial charge in [-0.1, -0.05) is 0 Å². The predicted molar refractivity (Wildman–Crippen MR) is 71.3 cm³/mol. The van der Waals surface area contributed by atoms with E-state index in [1.165, 1.54) is 14.2 Å². The second-order valence-electron chi connectivity index (χ2n) is 4.05. The lowest BCUT2D eigenvalue weighted by molar-refractivity contribution is -0.291. The van der Waals surface area contributed by atoms with Crippen LogP contribution in [0, 0.1) is 0 Å². The summed E-state index contributed by atoms with van der Waals surface area (Å²) in [6.45, 7) is 0. The van der Waals surface area contributed by atoms with E-state index in [4.69, 9.17) is 19.9 Å². The fraction of sp³-hybridized carbons (Fsp3) is 0.500. The van der Waals surface area contributed by atoms with Crippen LogP contribution in [0.5, 0.6) is 17.2 Å². The second-order valence-corrected chi connectivity index (χ2v) is 4.05. The lowest BCUT2D eigenvalue weighted by Gasteiger charge is -2.27. The molecule has 0 radical (unpaired) electrons. The molecule has 1 atom stereocenters. The monoisotopic (exact) mass is 351 g/mol. The summed E-state index contributed by atoms with van der Waals surface area (Å²) in [6.07, 6.45) is -5.79. The Morgan fingerprint density at radius 2 is 1.27 bits per heavy atom. The Labute approximate surface area is 129 Å². The van der Waals surface area contributed by atoms with Crippen LogP contribution in [0.2, 0.25) is 0 Å². The maximum absolute atomic E-state index is 13.4. The van der Waals surface area contributed by atoms with Crippen LogP contribution in [-0.4, -0.2) is 33.4 Å². The van der Waals surface area contributed by atoms with Gasteiger partial charge in [0.1, 0.15) is 11.8 Å². The molecule has 0 amide bonds. The Balaban J connectivity index is 0.00000441. The number of hydrogen-bond acceptors (Lipinski definition) is 4. The first kappa shape index (κ1) is 20.5. The van der Waals surface area contributed by atoms with Gasteiger partial charge in [-0.25, -0.2) is 0 Å². The summed E-state index contributed by atoms with van der Waals surface area (Å²) in [7, 11) is 3.60. The van der Waals surface area contributed by atoms with Gasteiger partial charge in [-0.15, -0.1) is 12.4 Å². The number of alkyl halides is 5. The van der Waals surface area contributed by atoms with Gasteiger partial charge in [0.2, 0.25) is 0 Å². The van der Waals surface area contributed by atoms with Crippen molar-refractivity contribution in [3.05, 3.63) is 17.7 Å². The van der Waals surface area contributed by atoms with E-state index < -0.39 is 23.7 Å². The molecular weight excluding hydrogens is 337 g/mol. The smallest absolute Gasteiger partial charge is 0.455 e. The van der Waals surface area contributed by atoms with Crippen molar-refractivity contribution in [1.29, 1.82) is 0 Å². The quantitative estimate of drug-likeness (QED) is 0.827. The summed E-state index contributed by atoms with van der Waals surface area (Å²) in [5.74, 6) is -5.31. The van der Waals surface area contributed by atoms with Crippen molar-refractivity contribution >= 4 is 12.4 Å². The van der Waals surface area contributed by atoms with Gasteiger partial charge in [0.25, 0.3) is 0 Å². The van der Waals surface area contributed by atoms with E-state index in [1.54, 1.807) is 0 Å². The highest BCUT2D eigenvalue weighted by molar-refractivity contribution is 5.85. The molecule has 0 aliphatic heterocycles. The van der Waals surface area contributed by atoms with E-state index in [2.05, 4.69) is 0 Å². The molecule has 0 bridgehead atoms. The Bertz CT molecular complexity index is 510. The molecule has 0 saturated carbocycles. The minimum Gasteiger partial charge on any atom is -0.496 e. The number of benzene rings is 1. The van der Waals surface area contributed by atoms with Crippen LogP contribution in [0.25, 0.3) is 0 Å². The fourth-order valence-corrected chi connectivity index (χ4v) is 1.67. The third kappa shape index (κ3) is 3.64. The molecule has 1 rings (SSSR count). The van der Waals surface area contributed by atoms with Crippen LogP contribution in [0.1, 0.15) is 11.6 Å². The average Bonchev–Trinajstić information content (AvgIpc) is 2.43. The minimum atomic E-state index is -5.79. The number of hydrogen-bond donors (Lipinski definition) is 1. The fourth-order valence-electron chi connectivity index (χ4n) is 1.67. The number of ether oxygens (including phenoxy) is 3. The number of methoxy groups -OCH3 is 3. The highest BCUT2D eigenvalue weighted by Crippen LogP contribution is 2.47. The Kier molecular flexibility index (Phi) is 6.70. The van der Waals surface area contributed by atoms with Crippen molar-refractivity contribution in [3.8, 4) is 17.2 Å². The van der Waals surface area contributed by atoms with Crippen LogP contribution in [0.3, 0.4) is 0 Å². The molecule has 4 nitrogen and oxygen atoms in total. The minimum absolute atomic E-state index is 0. The van der Waals surface area contributed by atoms with Gasteiger partial charge >= 0.3 is 12.1 Å². The molecule has 2 N–H and O–H groups in total. The molecule has 1 aromatic carbocycles. The standard InChI is InChI=1S/C12H14F5NO3.ClH/c1-19-7-5-9(21-3)8(20-2)4-6(7)10(18)11(13,14)12(15,16)17;/h4-5,10H,18H2,1-3H3;1H/t10-;/m0./s1. The van der Waals surface area contributed by atoms with Gasteiger partial charge < -0.3 is 19.9 Å². The van der Waals surface area contributed by atoms with E-state index in [1.807, 2.05) is 0 Å². The maximum atomic E-state index is 13.4. The van der Waals surface area contributed by atoms with Crippen molar-refractivity contribution < 1.29 is 36.2 Å². The molecule has 0 aromatic heterocycles. The van der Waals surface area contributed by atoms with Crippen LogP contribution in [0.15, 0.2) is 12.1 Å². The largest absolute Gasteiger partial charge is 0.496 e.